The largest absolute Gasteiger partial charge is 0.503 e. The van der Waals surface area contributed by atoms with Crippen LogP contribution >= 0.6 is 0 Å². The van der Waals surface area contributed by atoms with E-state index < -0.39 is 21.1 Å². The molecule has 6 heteroatoms. The van der Waals surface area contributed by atoms with Crippen LogP contribution in [0.1, 0.15) is 53.4 Å². The van der Waals surface area contributed by atoms with E-state index in [-0.39, 0.29) is 0 Å². The number of carbonyl (C=O) groups is 1. The molecule has 0 aromatic carbocycles. The van der Waals surface area contributed by atoms with Crippen molar-refractivity contribution >= 4 is 14.8 Å². The van der Waals surface area contributed by atoms with E-state index in [1.807, 2.05) is 20.8 Å². The zero-order valence-electron chi connectivity index (χ0n) is 13.9. The molecule has 0 heterocycles. The Labute approximate surface area is 130 Å². The summed E-state index contributed by atoms with van der Waals surface area (Å²) in [5, 5.41) is 0. The Morgan fingerprint density at radius 1 is 1.10 bits per heavy atom. The Bertz CT molecular complexity index is 288. The van der Waals surface area contributed by atoms with Crippen LogP contribution in [-0.2, 0) is 22.8 Å². The molecule has 0 rings (SSSR count). The van der Waals surface area contributed by atoms with Crippen LogP contribution in [0.3, 0.4) is 0 Å². The summed E-state index contributed by atoms with van der Waals surface area (Å²) < 4.78 is 23.1. The number of esters is 1. The Hall–Kier alpha value is -0.693. The van der Waals surface area contributed by atoms with E-state index in [1.165, 1.54) is 0 Å². The van der Waals surface area contributed by atoms with Gasteiger partial charge in [-0.2, -0.15) is 0 Å². The van der Waals surface area contributed by atoms with E-state index >= 15 is 0 Å². The molecule has 0 bridgehead atoms. The van der Waals surface area contributed by atoms with Gasteiger partial charge in [0.25, 0.3) is 0 Å². The average molecular weight is 318 g/mol. The van der Waals surface area contributed by atoms with Gasteiger partial charge in [-0.25, -0.2) is 4.79 Å². The first-order valence-corrected chi connectivity index (χ1v) is 9.79. The molecule has 0 aromatic rings. The van der Waals surface area contributed by atoms with Crippen LogP contribution in [0, 0.1) is 0 Å². The van der Waals surface area contributed by atoms with E-state index in [2.05, 4.69) is 13.5 Å². The number of rotatable bonds is 13. The summed E-state index contributed by atoms with van der Waals surface area (Å²) in [4.78, 5) is 11.4. The van der Waals surface area contributed by atoms with Gasteiger partial charge >= 0.3 is 14.8 Å². The Balaban J connectivity index is 4.93. The monoisotopic (exact) mass is 318 g/mol. The second-order valence-electron chi connectivity index (χ2n) is 4.73. The van der Waals surface area contributed by atoms with Gasteiger partial charge in [0.1, 0.15) is 0 Å². The van der Waals surface area contributed by atoms with Gasteiger partial charge in [0.2, 0.25) is 0 Å². The second kappa shape index (κ2) is 11.9. The lowest BCUT2D eigenvalue weighted by atomic mass is 10.5. The Kier molecular flexibility index (Phi) is 11.5. The summed E-state index contributed by atoms with van der Waals surface area (Å²) in [7, 11) is -2.81. The lowest BCUT2D eigenvalue weighted by Gasteiger charge is -2.32. The Morgan fingerprint density at radius 2 is 1.67 bits per heavy atom. The van der Waals surface area contributed by atoms with Crippen molar-refractivity contribution in [1.29, 1.82) is 0 Å². The quantitative estimate of drug-likeness (QED) is 0.224. The lowest BCUT2D eigenvalue weighted by Crippen LogP contribution is -2.49. The van der Waals surface area contributed by atoms with Crippen LogP contribution in [-0.4, -0.2) is 34.3 Å². The highest BCUT2D eigenvalue weighted by molar-refractivity contribution is 6.60. The maximum atomic E-state index is 11.4. The molecule has 0 aromatic heterocycles. The zero-order valence-corrected chi connectivity index (χ0v) is 14.9. The predicted octanol–water partition coefficient (Wildman–Crippen LogP) is 3.67. The summed E-state index contributed by atoms with van der Waals surface area (Å²) in [6.07, 6.45) is 3.70. The fraction of sp³-hybridized carbons (Fsp3) is 0.800. The topological polar surface area (TPSA) is 54.0 Å². The molecule has 1 atom stereocenters. The van der Waals surface area contributed by atoms with Crippen LogP contribution in [0.15, 0.2) is 12.7 Å². The van der Waals surface area contributed by atoms with Crippen molar-refractivity contribution in [3.05, 3.63) is 12.7 Å². The van der Waals surface area contributed by atoms with Gasteiger partial charge in [0.05, 0.1) is 0 Å². The summed E-state index contributed by atoms with van der Waals surface area (Å²) in [5.41, 5.74) is 0. The molecule has 0 aliphatic carbocycles. The molecule has 1 unspecified atom stereocenters. The minimum Gasteiger partial charge on any atom is -0.433 e. The second-order valence-corrected chi connectivity index (χ2v) is 7.41. The lowest BCUT2D eigenvalue weighted by molar-refractivity contribution is -0.165. The molecule has 0 spiro atoms. The smallest absolute Gasteiger partial charge is 0.433 e. The molecule has 0 aliphatic heterocycles. The van der Waals surface area contributed by atoms with Gasteiger partial charge in [0.15, 0.2) is 6.29 Å². The summed E-state index contributed by atoms with van der Waals surface area (Å²) in [5.74, 6) is -0.493. The van der Waals surface area contributed by atoms with E-state index in [0.717, 1.165) is 31.4 Å². The molecule has 0 saturated carbocycles. The highest BCUT2D eigenvalue weighted by Crippen LogP contribution is 2.22. The average Bonchev–Trinajstić information content (AvgIpc) is 2.50. The van der Waals surface area contributed by atoms with Crippen LogP contribution in [0.25, 0.3) is 0 Å². The van der Waals surface area contributed by atoms with E-state index in [4.69, 9.17) is 18.0 Å². The van der Waals surface area contributed by atoms with Gasteiger partial charge < -0.3 is 18.0 Å². The molecule has 0 N–H and O–H groups in total. The number of ether oxygens (including phenoxy) is 1. The Morgan fingerprint density at radius 3 is 2.05 bits per heavy atom. The number of hydrogen-bond acceptors (Lipinski definition) is 5. The molecule has 124 valence electrons. The molecule has 0 radical (unpaired) electrons. The SMILES string of the molecule is C=CC(=O)OC(CC)O[Si](CCC)(OCCC)OCCC. The van der Waals surface area contributed by atoms with Crippen molar-refractivity contribution < 1.29 is 22.8 Å². The van der Waals surface area contributed by atoms with Crippen LogP contribution in [0.2, 0.25) is 6.04 Å². The third kappa shape index (κ3) is 8.36. The normalized spacial score (nSPS) is 13.0. The van der Waals surface area contributed by atoms with Crippen molar-refractivity contribution in [3.8, 4) is 0 Å². The molecule has 0 saturated heterocycles. The first-order valence-electron chi connectivity index (χ1n) is 7.86. The molecule has 0 fully saturated rings. The summed E-state index contributed by atoms with van der Waals surface area (Å²) in [6, 6.07) is 0.717. The van der Waals surface area contributed by atoms with Crippen LogP contribution < -0.4 is 0 Å². The summed E-state index contributed by atoms with van der Waals surface area (Å²) >= 11 is 0. The first kappa shape index (κ1) is 20.3. The zero-order chi connectivity index (χ0) is 16.1. The van der Waals surface area contributed by atoms with Crippen molar-refractivity contribution in [2.75, 3.05) is 13.2 Å². The van der Waals surface area contributed by atoms with Gasteiger partial charge in [-0.05, 0) is 12.8 Å². The maximum absolute atomic E-state index is 11.4. The highest BCUT2D eigenvalue weighted by atomic mass is 28.4. The number of carbonyl (C=O) groups excluding carboxylic acids is 1. The highest BCUT2D eigenvalue weighted by Gasteiger charge is 2.43. The minimum atomic E-state index is -2.81. The third-order valence-corrected chi connectivity index (χ3v) is 5.69. The van der Waals surface area contributed by atoms with Crippen molar-refractivity contribution in [2.24, 2.45) is 0 Å². The maximum Gasteiger partial charge on any atom is 0.503 e. The first-order chi connectivity index (χ1) is 10.1. The van der Waals surface area contributed by atoms with Gasteiger partial charge in [-0.3, -0.25) is 0 Å². The van der Waals surface area contributed by atoms with E-state index in [1.54, 1.807) is 0 Å². The van der Waals surface area contributed by atoms with E-state index in [9.17, 15) is 4.79 Å². The fourth-order valence-electron chi connectivity index (χ4n) is 1.70. The van der Waals surface area contributed by atoms with Crippen molar-refractivity contribution in [3.63, 3.8) is 0 Å². The van der Waals surface area contributed by atoms with Crippen molar-refractivity contribution in [1.82, 2.24) is 0 Å². The van der Waals surface area contributed by atoms with E-state index in [0.29, 0.717) is 19.6 Å². The standard InChI is InChI=1S/C15H30O5Si/c1-6-11-17-21(13-8-3,18-12-7-2)20-15(10-5)19-14(16)9-4/h9,15H,4,6-8,10-13H2,1-3,5H3. The molecule has 5 nitrogen and oxygen atoms in total. The van der Waals surface area contributed by atoms with Gasteiger partial charge in [0, 0.05) is 31.8 Å². The van der Waals surface area contributed by atoms with Gasteiger partial charge in [-0.1, -0.05) is 40.7 Å². The third-order valence-electron chi connectivity index (χ3n) is 2.67. The fourth-order valence-corrected chi connectivity index (χ4v) is 4.59. The molecular weight excluding hydrogens is 288 g/mol. The number of hydrogen-bond donors (Lipinski definition) is 0. The van der Waals surface area contributed by atoms with Crippen LogP contribution in [0.5, 0.6) is 0 Å². The summed E-state index contributed by atoms with van der Waals surface area (Å²) in [6.45, 7) is 12.6. The molecule has 0 amide bonds. The van der Waals surface area contributed by atoms with Gasteiger partial charge in [-0.15, -0.1) is 0 Å². The van der Waals surface area contributed by atoms with Crippen LogP contribution in [0.4, 0.5) is 0 Å². The van der Waals surface area contributed by atoms with Crippen molar-refractivity contribution in [2.45, 2.75) is 65.7 Å². The molecular formula is C15H30O5Si. The predicted molar refractivity (Wildman–Crippen MR) is 84.8 cm³/mol. The molecule has 21 heavy (non-hydrogen) atoms. The minimum absolute atomic E-state index is 0.493. The molecule has 0 aliphatic rings.